The Hall–Kier alpha value is -1.26. The van der Waals surface area contributed by atoms with Crippen molar-refractivity contribution in [3.8, 4) is 5.75 Å². The molecule has 0 aliphatic carbocycles. The molecule has 0 bridgehead atoms. The number of carbonyl (C=O) groups excluding carboxylic acids is 1. The molecular weight excluding hydrogens is 242 g/mol. The van der Waals surface area contributed by atoms with Crippen LogP contribution in [0.4, 0.5) is 5.69 Å². The molecule has 0 saturated carbocycles. The van der Waals surface area contributed by atoms with Crippen molar-refractivity contribution in [1.82, 2.24) is 0 Å². The first-order valence-corrected chi connectivity index (χ1v) is 5.79. The van der Waals surface area contributed by atoms with E-state index in [0.717, 1.165) is 5.56 Å². The van der Waals surface area contributed by atoms with Gasteiger partial charge in [0.1, 0.15) is 18.2 Å². The van der Waals surface area contributed by atoms with E-state index in [0.29, 0.717) is 24.7 Å². The number of aryl methyl sites for hydroxylation is 1. The van der Waals surface area contributed by atoms with E-state index in [1.165, 1.54) is 0 Å². The number of hydrogen-bond acceptors (Lipinski definition) is 3. The van der Waals surface area contributed by atoms with Gasteiger partial charge >= 0.3 is 0 Å². The molecular formula is C12H16ClNO3. The number of alkyl halides is 1. The lowest BCUT2D eigenvalue weighted by Gasteiger charge is -2.12. The molecule has 17 heavy (non-hydrogen) atoms. The molecule has 1 N–H and O–H groups in total. The normalized spacial score (nSPS) is 10.1. The first-order chi connectivity index (χ1) is 8.17. The molecule has 0 unspecified atom stereocenters. The first kappa shape index (κ1) is 13.8. The smallest absolute Gasteiger partial charge is 0.239 e. The van der Waals surface area contributed by atoms with Gasteiger partial charge in [-0.25, -0.2) is 0 Å². The number of halogens is 1. The first-order valence-electron chi connectivity index (χ1n) is 5.25. The Morgan fingerprint density at radius 1 is 1.41 bits per heavy atom. The second-order valence-electron chi connectivity index (χ2n) is 3.52. The zero-order chi connectivity index (χ0) is 12.7. The number of benzene rings is 1. The van der Waals surface area contributed by atoms with Gasteiger partial charge in [0.2, 0.25) is 5.91 Å². The summed E-state index contributed by atoms with van der Waals surface area (Å²) in [5, 5.41) is 2.68. The number of amides is 1. The van der Waals surface area contributed by atoms with Gasteiger partial charge in [0, 0.05) is 7.11 Å². The van der Waals surface area contributed by atoms with E-state index in [4.69, 9.17) is 21.1 Å². The third-order valence-electron chi connectivity index (χ3n) is 2.08. The van der Waals surface area contributed by atoms with Gasteiger partial charge in [0.15, 0.2) is 0 Å². The summed E-state index contributed by atoms with van der Waals surface area (Å²) in [6, 6.07) is 5.55. The minimum absolute atomic E-state index is 0.0780. The predicted octanol–water partition coefficient (Wildman–Crippen LogP) is 2.20. The van der Waals surface area contributed by atoms with E-state index < -0.39 is 0 Å². The molecule has 1 aromatic carbocycles. The summed E-state index contributed by atoms with van der Waals surface area (Å²) < 4.78 is 10.4. The maximum Gasteiger partial charge on any atom is 0.239 e. The lowest BCUT2D eigenvalue weighted by atomic mass is 10.2. The molecule has 94 valence electrons. The fourth-order valence-corrected chi connectivity index (χ4v) is 1.34. The van der Waals surface area contributed by atoms with Crippen LogP contribution in [0.15, 0.2) is 18.2 Å². The van der Waals surface area contributed by atoms with Crippen LogP contribution in [-0.4, -0.2) is 32.1 Å². The molecule has 0 spiro atoms. The lowest BCUT2D eigenvalue weighted by molar-refractivity contribution is -0.113. The summed E-state index contributed by atoms with van der Waals surface area (Å²) in [5.41, 5.74) is 1.68. The molecule has 5 heteroatoms. The number of anilines is 1. The highest BCUT2D eigenvalue weighted by Gasteiger charge is 2.07. The van der Waals surface area contributed by atoms with Crippen LogP contribution in [0.5, 0.6) is 5.75 Å². The van der Waals surface area contributed by atoms with Crippen LogP contribution in [0.1, 0.15) is 5.56 Å². The van der Waals surface area contributed by atoms with Crippen LogP contribution in [0, 0.1) is 6.92 Å². The molecule has 0 aliphatic rings. The maximum absolute atomic E-state index is 11.2. The Morgan fingerprint density at radius 2 is 2.18 bits per heavy atom. The van der Waals surface area contributed by atoms with Crippen molar-refractivity contribution in [3.63, 3.8) is 0 Å². The van der Waals surface area contributed by atoms with Gasteiger partial charge in [0.05, 0.1) is 12.3 Å². The molecule has 0 saturated heterocycles. The van der Waals surface area contributed by atoms with Gasteiger partial charge in [-0.1, -0.05) is 6.07 Å². The highest BCUT2D eigenvalue weighted by molar-refractivity contribution is 6.29. The summed E-state index contributed by atoms with van der Waals surface area (Å²) in [4.78, 5) is 11.2. The van der Waals surface area contributed by atoms with Crippen LogP contribution >= 0.6 is 11.6 Å². The van der Waals surface area contributed by atoms with Gasteiger partial charge in [-0.2, -0.15) is 0 Å². The fourth-order valence-electron chi connectivity index (χ4n) is 1.27. The maximum atomic E-state index is 11.2. The largest absolute Gasteiger partial charge is 0.489 e. The van der Waals surface area contributed by atoms with E-state index in [-0.39, 0.29) is 11.8 Å². The Morgan fingerprint density at radius 3 is 2.82 bits per heavy atom. The van der Waals surface area contributed by atoms with Crippen molar-refractivity contribution in [2.45, 2.75) is 6.92 Å². The topological polar surface area (TPSA) is 47.6 Å². The number of methoxy groups -OCH3 is 1. The van der Waals surface area contributed by atoms with Crippen LogP contribution < -0.4 is 10.1 Å². The van der Waals surface area contributed by atoms with Gasteiger partial charge < -0.3 is 14.8 Å². The molecule has 1 aromatic rings. The fraction of sp³-hybridized carbons (Fsp3) is 0.417. The van der Waals surface area contributed by atoms with E-state index in [2.05, 4.69) is 5.32 Å². The van der Waals surface area contributed by atoms with Gasteiger partial charge in [0.25, 0.3) is 0 Å². The van der Waals surface area contributed by atoms with Crippen LogP contribution in [0.2, 0.25) is 0 Å². The average molecular weight is 258 g/mol. The van der Waals surface area contributed by atoms with E-state index in [1.54, 1.807) is 13.2 Å². The Kier molecular flexibility index (Phi) is 5.80. The SMILES string of the molecule is COCCOc1cc(C)ccc1NC(=O)CCl. The number of hydrogen-bond donors (Lipinski definition) is 1. The summed E-state index contributed by atoms with van der Waals surface area (Å²) >= 11 is 5.44. The number of nitrogens with one attached hydrogen (secondary N) is 1. The lowest BCUT2D eigenvalue weighted by Crippen LogP contribution is -2.14. The Balaban J connectivity index is 2.76. The molecule has 0 fully saturated rings. The highest BCUT2D eigenvalue weighted by atomic mass is 35.5. The van der Waals surface area contributed by atoms with Crippen molar-refractivity contribution in [3.05, 3.63) is 23.8 Å². The van der Waals surface area contributed by atoms with Crippen molar-refractivity contribution in [2.24, 2.45) is 0 Å². The second kappa shape index (κ2) is 7.14. The summed E-state index contributed by atoms with van der Waals surface area (Å²) in [6.45, 7) is 2.89. The zero-order valence-electron chi connectivity index (χ0n) is 9.96. The Labute approximate surface area is 106 Å². The van der Waals surface area contributed by atoms with Gasteiger partial charge in [-0.3, -0.25) is 4.79 Å². The predicted molar refractivity (Wildman–Crippen MR) is 67.9 cm³/mol. The van der Waals surface area contributed by atoms with Gasteiger partial charge in [-0.15, -0.1) is 11.6 Å². The van der Waals surface area contributed by atoms with Gasteiger partial charge in [-0.05, 0) is 24.6 Å². The third kappa shape index (κ3) is 4.63. The van der Waals surface area contributed by atoms with E-state index >= 15 is 0 Å². The average Bonchev–Trinajstić information content (AvgIpc) is 2.32. The molecule has 1 rings (SSSR count). The number of carbonyl (C=O) groups is 1. The summed E-state index contributed by atoms with van der Waals surface area (Å²) in [5.74, 6) is 0.290. The minimum atomic E-state index is -0.257. The van der Waals surface area contributed by atoms with Crippen molar-refractivity contribution < 1.29 is 14.3 Å². The molecule has 0 aromatic heterocycles. The highest BCUT2D eigenvalue weighted by Crippen LogP contribution is 2.25. The molecule has 0 radical (unpaired) electrons. The van der Waals surface area contributed by atoms with Crippen molar-refractivity contribution >= 4 is 23.2 Å². The Bertz CT molecular complexity index is 382. The van der Waals surface area contributed by atoms with E-state index in [9.17, 15) is 4.79 Å². The van der Waals surface area contributed by atoms with Crippen molar-refractivity contribution in [1.29, 1.82) is 0 Å². The van der Waals surface area contributed by atoms with Crippen LogP contribution in [0.3, 0.4) is 0 Å². The third-order valence-corrected chi connectivity index (χ3v) is 2.32. The number of rotatable bonds is 6. The van der Waals surface area contributed by atoms with E-state index in [1.807, 2.05) is 19.1 Å². The molecule has 1 amide bonds. The second-order valence-corrected chi connectivity index (χ2v) is 3.79. The molecule has 0 aliphatic heterocycles. The molecule has 0 heterocycles. The molecule has 4 nitrogen and oxygen atoms in total. The minimum Gasteiger partial charge on any atom is -0.489 e. The zero-order valence-corrected chi connectivity index (χ0v) is 10.7. The summed E-state index contributed by atoms with van der Waals surface area (Å²) in [7, 11) is 1.61. The monoisotopic (exact) mass is 257 g/mol. The quantitative estimate of drug-likeness (QED) is 0.628. The number of ether oxygens (including phenoxy) is 2. The van der Waals surface area contributed by atoms with Crippen LogP contribution in [0.25, 0.3) is 0 Å². The van der Waals surface area contributed by atoms with Crippen LogP contribution in [-0.2, 0) is 9.53 Å². The molecule has 0 atom stereocenters. The summed E-state index contributed by atoms with van der Waals surface area (Å²) in [6.07, 6.45) is 0. The van der Waals surface area contributed by atoms with Crippen molar-refractivity contribution in [2.75, 3.05) is 31.5 Å². The standard InChI is InChI=1S/C12H16ClNO3/c1-9-3-4-10(14-12(15)8-13)11(7-9)17-6-5-16-2/h3-4,7H,5-6,8H2,1-2H3,(H,14,15).